The summed E-state index contributed by atoms with van der Waals surface area (Å²) in [5.74, 6) is 0.525. The van der Waals surface area contributed by atoms with Crippen molar-refractivity contribution in [3.8, 4) is 5.75 Å². The van der Waals surface area contributed by atoms with Crippen LogP contribution in [0.25, 0.3) is 10.8 Å². The van der Waals surface area contributed by atoms with Crippen LogP contribution in [0.3, 0.4) is 0 Å². The highest BCUT2D eigenvalue weighted by atomic mass is 35.5. The van der Waals surface area contributed by atoms with Crippen LogP contribution in [0.5, 0.6) is 5.75 Å². The number of rotatable bonds is 5. The second kappa shape index (κ2) is 7.58. The minimum absolute atomic E-state index is 0.185. The average Bonchev–Trinajstić information content (AvgIpc) is 2.62. The number of carbonyl (C=O) groups excluding carboxylic acids is 1. The van der Waals surface area contributed by atoms with Crippen LogP contribution in [0, 0.1) is 6.92 Å². The van der Waals surface area contributed by atoms with E-state index in [1.54, 1.807) is 6.07 Å². The fourth-order valence-electron chi connectivity index (χ4n) is 2.67. The van der Waals surface area contributed by atoms with Gasteiger partial charge in [-0.3, -0.25) is 4.79 Å². The molecule has 0 bridgehead atoms. The monoisotopic (exact) mass is 353 g/mol. The summed E-state index contributed by atoms with van der Waals surface area (Å²) in [4.78, 5) is 12.6. The number of benzene rings is 3. The lowest BCUT2D eigenvalue weighted by molar-refractivity contribution is -0.122. The van der Waals surface area contributed by atoms with E-state index in [2.05, 4.69) is 5.32 Å². The van der Waals surface area contributed by atoms with Crippen molar-refractivity contribution in [2.45, 2.75) is 26.4 Å². The van der Waals surface area contributed by atoms with Gasteiger partial charge in [0.15, 0.2) is 6.10 Å². The Balaban J connectivity index is 1.79. The van der Waals surface area contributed by atoms with Crippen LogP contribution in [0.1, 0.15) is 18.9 Å². The predicted molar refractivity (Wildman–Crippen MR) is 103 cm³/mol. The van der Waals surface area contributed by atoms with Gasteiger partial charge in [0.05, 0.1) is 0 Å². The highest BCUT2D eigenvalue weighted by Crippen LogP contribution is 2.27. The number of ether oxygens (including phenoxy) is 1. The van der Waals surface area contributed by atoms with Gasteiger partial charge in [0.25, 0.3) is 5.91 Å². The molecule has 1 atom stereocenters. The fraction of sp³-hybridized carbons (Fsp3) is 0.190. The smallest absolute Gasteiger partial charge is 0.265 e. The van der Waals surface area contributed by atoms with E-state index in [1.807, 2.05) is 68.4 Å². The van der Waals surface area contributed by atoms with Crippen molar-refractivity contribution in [1.29, 1.82) is 0 Å². The summed E-state index contributed by atoms with van der Waals surface area (Å²) in [6.07, 6.45) is -0.0137. The number of hydrogen-bond donors (Lipinski definition) is 1. The van der Waals surface area contributed by atoms with Crippen LogP contribution >= 0.6 is 11.6 Å². The molecule has 3 aromatic rings. The third-order valence-electron chi connectivity index (χ3n) is 4.12. The molecule has 3 rings (SSSR count). The molecule has 3 nitrogen and oxygen atoms in total. The molecule has 0 spiro atoms. The van der Waals surface area contributed by atoms with Gasteiger partial charge in [0.2, 0.25) is 0 Å². The lowest BCUT2D eigenvalue weighted by atomic mass is 10.1. The summed E-state index contributed by atoms with van der Waals surface area (Å²) in [6, 6.07) is 19.3. The maximum absolute atomic E-state index is 12.6. The molecule has 0 unspecified atom stereocenters. The van der Waals surface area contributed by atoms with Crippen molar-refractivity contribution in [3.63, 3.8) is 0 Å². The number of nitrogens with one attached hydrogen (secondary N) is 1. The molecule has 1 amide bonds. The maximum atomic E-state index is 12.6. The third-order valence-corrected chi connectivity index (χ3v) is 4.53. The van der Waals surface area contributed by atoms with Crippen LogP contribution in [0.4, 0.5) is 5.69 Å². The van der Waals surface area contributed by atoms with Crippen LogP contribution < -0.4 is 10.1 Å². The van der Waals surface area contributed by atoms with Crippen LogP contribution in [-0.4, -0.2) is 12.0 Å². The number of anilines is 1. The first kappa shape index (κ1) is 17.3. The van der Waals surface area contributed by atoms with Crippen molar-refractivity contribution < 1.29 is 9.53 Å². The van der Waals surface area contributed by atoms with E-state index < -0.39 is 6.10 Å². The van der Waals surface area contributed by atoms with E-state index in [-0.39, 0.29) is 5.91 Å². The second-order valence-electron chi connectivity index (χ2n) is 5.95. The molecule has 0 aromatic heterocycles. The molecule has 0 aliphatic rings. The number of hydrogen-bond acceptors (Lipinski definition) is 2. The average molecular weight is 354 g/mol. The molecule has 128 valence electrons. The number of halogens is 1. The Labute approximate surface area is 152 Å². The van der Waals surface area contributed by atoms with Gasteiger partial charge in [-0.1, -0.05) is 61.0 Å². The topological polar surface area (TPSA) is 38.3 Å². The Kier molecular flexibility index (Phi) is 5.25. The Morgan fingerprint density at radius 1 is 1.12 bits per heavy atom. The molecular formula is C21H20ClNO2. The first-order valence-electron chi connectivity index (χ1n) is 8.30. The molecule has 25 heavy (non-hydrogen) atoms. The third kappa shape index (κ3) is 3.94. The molecule has 0 radical (unpaired) electrons. The molecule has 0 saturated heterocycles. The van der Waals surface area contributed by atoms with Gasteiger partial charge in [0, 0.05) is 16.1 Å². The number of fused-ring (bicyclic) bond motifs is 1. The number of aryl methyl sites for hydroxylation is 1. The Hall–Kier alpha value is -2.52. The zero-order valence-corrected chi connectivity index (χ0v) is 15.0. The Morgan fingerprint density at radius 2 is 1.88 bits per heavy atom. The summed E-state index contributed by atoms with van der Waals surface area (Å²) in [5, 5.41) is 5.59. The van der Waals surface area contributed by atoms with Crippen LogP contribution in [0.2, 0.25) is 5.02 Å². The van der Waals surface area contributed by atoms with Gasteiger partial charge in [-0.2, -0.15) is 0 Å². The largest absolute Gasteiger partial charge is 0.480 e. The van der Waals surface area contributed by atoms with Gasteiger partial charge < -0.3 is 10.1 Å². The van der Waals surface area contributed by atoms with Crippen molar-refractivity contribution >= 4 is 34.0 Å². The highest BCUT2D eigenvalue weighted by Gasteiger charge is 2.19. The zero-order chi connectivity index (χ0) is 17.8. The Bertz CT molecular complexity index is 902. The van der Waals surface area contributed by atoms with E-state index in [0.29, 0.717) is 22.9 Å². The van der Waals surface area contributed by atoms with E-state index in [9.17, 15) is 4.79 Å². The molecule has 0 saturated carbocycles. The molecule has 0 heterocycles. The SMILES string of the molecule is CC[C@H](Oc1cccc2ccccc12)C(=O)Nc1ccc(C)c(Cl)c1. The van der Waals surface area contributed by atoms with Crippen molar-refractivity contribution in [1.82, 2.24) is 0 Å². The highest BCUT2D eigenvalue weighted by molar-refractivity contribution is 6.31. The lowest BCUT2D eigenvalue weighted by Gasteiger charge is -2.18. The standard InChI is InChI=1S/C21H20ClNO2/c1-3-19(21(24)23-16-12-11-14(2)18(22)13-16)25-20-10-6-8-15-7-4-5-9-17(15)20/h4-13,19H,3H2,1-2H3,(H,23,24)/t19-/m0/s1. The van der Waals surface area contributed by atoms with Gasteiger partial charge in [-0.25, -0.2) is 0 Å². The first-order chi connectivity index (χ1) is 12.1. The predicted octanol–water partition coefficient (Wildman–Crippen LogP) is 5.60. The minimum atomic E-state index is -0.578. The summed E-state index contributed by atoms with van der Waals surface area (Å²) in [7, 11) is 0. The summed E-state index contributed by atoms with van der Waals surface area (Å²) in [6.45, 7) is 3.85. The molecule has 4 heteroatoms. The Morgan fingerprint density at radius 3 is 2.64 bits per heavy atom. The van der Waals surface area contributed by atoms with E-state index in [4.69, 9.17) is 16.3 Å². The van der Waals surface area contributed by atoms with Crippen molar-refractivity contribution in [2.24, 2.45) is 0 Å². The van der Waals surface area contributed by atoms with Crippen LogP contribution in [0.15, 0.2) is 60.7 Å². The van der Waals surface area contributed by atoms with Crippen molar-refractivity contribution in [2.75, 3.05) is 5.32 Å². The maximum Gasteiger partial charge on any atom is 0.265 e. The minimum Gasteiger partial charge on any atom is -0.480 e. The van der Waals surface area contributed by atoms with Gasteiger partial charge in [0.1, 0.15) is 5.75 Å². The van der Waals surface area contributed by atoms with E-state index in [0.717, 1.165) is 16.3 Å². The molecule has 0 aliphatic heterocycles. The lowest BCUT2D eigenvalue weighted by Crippen LogP contribution is -2.32. The normalized spacial score (nSPS) is 12.0. The van der Waals surface area contributed by atoms with E-state index >= 15 is 0 Å². The molecule has 0 fully saturated rings. The van der Waals surface area contributed by atoms with Crippen LogP contribution in [-0.2, 0) is 4.79 Å². The molecule has 0 aliphatic carbocycles. The molecular weight excluding hydrogens is 334 g/mol. The number of carbonyl (C=O) groups is 1. The van der Waals surface area contributed by atoms with Crippen molar-refractivity contribution in [3.05, 3.63) is 71.2 Å². The van der Waals surface area contributed by atoms with Gasteiger partial charge >= 0.3 is 0 Å². The molecule has 1 N–H and O–H groups in total. The fourth-order valence-corrected chi connectivity index (χ4v) is 2.85. The van der Waals surface area contributed by atoms with Gasteiger partial charge in [-0.15, -0.1) is 0 Å². The summed E-state index contributed by atoms with van der Waals surface area (Å²) in [5.41, 5.74) is 1.64. The first-order valence-corrected chi connectivity index (χ1v) is 8.67. The summed E-state index contributed by atoms with van der Waals surface area (Å²) < 4.78 is 6.02. The zero-order valence-electron chi connectivity index (χ0n) is 14.3. The quantitative estimate of drug-likeness (QED) is 0.648. The van der Waals surface area contributed by atoms with Gasteiger partial charge in [-0.05, 0) is 42.5 Å². The summed E-state index contributed by atoms with van der Waals surface area (Å²) >= 11 is 6.12. The number of amides is 1. The molecule has 3 aromatic carbocycles. The second-order valence-corrected chi connectivity index (χ2v) is 6.35. The van der Waals surface area contributed by atoms with E-state index in [1.165, 1.54) is 0 Å².